The molecule has 1 saturated carbocycles. The lowest BCUT2D eigenvalue weighted by molar-refractivity contribution is -0.142. The number of thiazole rings is 1. The second-order valence-electron chi connectivity index (χ2n) is 21.3. The molecular formula is C52H63FN14O6S2. The van der Waals surface area contributed by atoms with Gasteiger partial charge in [0, 0.05) is 66.4 Å². The molecule has 20 nitrogen and oxygen atoms in total. The first-order valence-corrected chi connectivity index (χ1v) is 27.4. The number of nitrogens with two attached hydrogens (primary N) is 1. The number of aliphatic hydroxyl groups excluding tert-OH is 1. The van der Waals surface area contributed by atoms with Crippen LogP contribution in [0.5, 0.6) is 11.6 Å². The van der Waals surface area contributed by atoms with Crippen molar-refractivity contribution in [2.75, 3.05) is 50.0 Å². The maximum atomic E-state index is 15.3. The van der Waals surface area contributed by atoms with Gasteiger partial charge in [-0.2, -0.15) is 10.2 Å². The van der Waals surface area contributed by atoms with E-state index in [4.69, 9.17) is 25.0 Å². The summed E-state index contributed by atoms with van der Waals surface area (Å²) in [6.07, 6.45) is 7.96. The number of thiophene rings is 1. The van der Waals surface area contributed by atoms with Gasteiger partial charge in [-0.15, -0.1) is 22.7 Å². The summed E-state index contributed by atoms with van der Waals surface area (Å²) in [5.41, 5.74) is 10.2. The summed E-state index contributed by atoms with van der Waals surface area (Å²) >= 11 is 2.74. The molecule has 6 aromatic rings. The van der Waals surface area contributed by atoms with Gasteiger partial charge in [-0.05, 0) is 109 Å². The smallest absolute Gasteiger partial charge is 0.253 e. The van der Waals surface area contributed by atoms with E-state index in [1.54, 1.807) is 37.8 Å². The van der Waals surface area contributed by atoms with Crippen LogP contribution in [0, 0.1) is 41.8 Å². The average molecular weight is 1060 g/mol. The molecule has 0 bridgehead atoms. The van der Waals surface area contributed by atoms with E-state index in [0.29, 0.717) is 68.8 Å². The number of aryl methyl sites for hydroxylation is 2. The molecule has 7 heterocycles. The number of hydrogen-bond acceptors (Lipinski definition) is 19. The summed E-state index contributed by atoms with van der Waals surface area (Å²) in [4.78, 5) is 54.6. The van der Waals surface area contributed by atoms with Gasteiger partial charge < -0.3 is 45.2 Å². The Morgan fingerprint density at radius 1 is 1.12 bits per heavy atom. The van der Waals surface area contributed by atoms with Gasteiger partial charge in [0.25, 0.3) is 5.88 Å². The summed E-state index contributed by atoms with van der Waals surface area (Å²) in [6.45, 7) is 15.4. The first kappa shape index (κ1) is 51.9. The molecule has 0 unspecified atom stereocenters. The van der Waals surface area contributed by atoms with Crippen molar-refractivity contribution < 1.29 is 33.5 Å². The Hall–Kier alpha value is -6.61. The van der Waals surface area contributed by atoms with E-state index in [9.17, 15) is 25.1 Å². The normalized spacial score (nSPS) is 23.8. The number of β-amino-alcohol motifs (C(OH)–C–C–N with tert-alkyl or cyclic N) is 1. The highest BCUT2D eigenvalue weighted by atomic mass is 32.1. The van der Waals surface area contributed by atoms with E-state index >= 15 is 4.39 Å². The number of phenols is 1. The SMILES string of the molecule is Cc1ncsc1-c1cc(O)c([C@H](C)NC(=O)[C@@H]2C[C@@H](O)CN2C(=O)[C@H](C(C)C)n2cc(OCC3CC(CN4CCCN(c5nccc(-c6noc([C@@]7(C)CCCc8sc(N)c(C#N)c87)n6)n5)[C@@H](C)C4)C3)nn2)cc1F. The standard InChI is InChI=1S/C52H63FN14O6S2/c1-27(2)44(49(71)66-23-33(68)17-39(66)48(70)58-29(4)34-18-37(53)35(19-40(34)69)45-30(5)57-26-74-45)67-24-42(61-63-67)72-25-32-15-31(16-32)22-64-13-8-14-65(28(3)21-64)51-56-12-10-38(59-51)47-60-50(73-62-47)52(6)11-7-9-41-43(52)36(20-54)46(55)75-41/h10,12,18-19,24,26-29,31-33,39,44,68-69H,7-9,11,13-17,21-23,25,55H2,1-6H3,(H,58,70)/t28-,29-,31?,32?,33+,39-,44-,52-/m0/s1. The highest BCUT2D eigenvalue weighted by molar-refractivity contribution is 7.16. The third kappa shape index (κ3) is 10.3. The van der Waals surface area contributed by atoms with Gasteiger partial charge >= 0.3 is 0 Å². The van der Waals surface area contributed by atoms with Crippen molar-refractivity contribution in [3.8, 4) is 39.7 Å². The van der Waals surface area contributed by atoms with Gasteiger partial charge in [0.15, 0.2) is 0 Å². The number of likely N-dealkylation sites (tertiary alicyclic amines) is 1. The maximum absolute atomic E-state index is 15.3. The number of benzene rings is 1. The molecule has 4 aliphatic rings. The zero-order valence-electron chi connectivity index (χ0n) is 42.9. The molecule has 23 heteroatoms. The number of nitriles is 1. The second kappa shape index (κ2) is 21.2. The zero-order valence-corrected chi connectivity index (χ0v) is 44.6. The number of rotatable bonds is 15. The van der Waals surface area contributed by atoms with E-state index in [-0.39, 0.29) is 41.8 Å². The summed E-state index contributed by atoms with van der Waals surface area (Å²) < 4.78 is 28.9. The number of aliphatic hydroxyl groups is 1. The van der Waals surface area contributed by atoms with Crippen LogP contribution in [-0.4, -0.2) is 129 Å². The molecule has 10 rings (SSSR count). The van der Waals surface area contributed by atoms with Crippen LogP contribution in [0.2, 0.25) is 0 Å². The number of fused-ring (bicyclic) bond motifs is 1. The fourth-order valence-electron chi connectivity index (χ4n) is 11.6. The van der Waals surface area contributed by atoms with Crippen LogP contribution in [0.15, 0.2) is 40.6 Å². The molecule has 5 N–H and O–H groups in total. The number of nitrogens with zero attached hydrogens (tertiary/aromatic N) is 12. The van der Waals surface area contributed by atoms with Crippen molar-refractivity contribution >= 4 is 45.4 Å². The van der Waals surface area contributed by atoms with E-state index in [2.05, 4.69) is 60.5 Å². The van der Waals surface area contributed by atoms with Crippen LogP contribution >= 0.6 is 22.7 Å². The Bertz CT molecular complexity index is 3110. The number of phenolic OH excluding ortho intramolecular Hbond substituents is 1. The Balaban J connectivity index is 0.703. The average Bonchev–Trinajstić information content (AvgIpc) is 4.22. The minimum atomic E-state index is -1.01. The predicted molar refractivity (Wildman–Crippen MR) is 278 cm³/mol. The van der Waals surface area contributed by atoms with E-state index in [1.807, 2.05) is 13.8 Å². The first-order valence-electron chi connectivity index (χ1n) is 25.7. The Morgan fingerprint density at radius 2 is 1.93 bits per heavy atom. The number of carbonyl (C=O) groups excluding carboxylic acids is 2. The number of amides is 2. The van der Waals surface area contributed by atoms with Gasteiger partial charge in [-0.3, -0.25) is 9.59 Å². The molecule has 1 aromatic carbocycles. The Labute approximate surface area is 442 Å². The summed E-state index contributed by atoms with van der Waals surface area (Å²) in [5, 5.41) is 47.8. The van der Waals surface area contributed by atoms with Gasteiger partial charge in [0.2, 0.25) is 29.5 Å². The van der Waals surface area contributed by atoms with Crippen LogP contribution < -0.4 is 20.7 Å². The van der Waals surface area contributed by atoms with Crippen LogP contribution in [0.1, 0.15) is 118 Å². The van der Waals surface area contributed by atoms with Gasteiger partial charge in [-0.25, -0.2) is 24.0 Å². The van der Waals surface area contributed by atoms with Crippen LogP contribution in [0.25, 0.3) is 22.0 Å². The highest BCUT2D eigenvalue weighted by Gasteiger charge is 2.45. The molecule has 396 valence electrons. The predicted octanol–water partition coefficient (Wildman–Crippen LogP) is 6.59. The van der Waals surface area contributed by atoms with Crippen LogP contribution in [0.4, 0.5) is 15.3 Å². The molecule has 2 amide bonds. The molecule has 2 saturated heterocycles. The lowest BCUT2D eigenvalue weighted by Crippen LogP contribution is -2.49. The third-order valence-corrected chi connectivity index (χ3v) is 17.5. The molecule has 2 aliphatic heterocycles. The lowest BCUT2D eigenvalue weighted by atomic mass is 9.72. The number of hydrogen-bond donors (Lipinski definition) is 4. The van der Waals surface area contributed by atoms with Crippen LogP contribution in [-0.2, 0) is 21.4 Å². The van der Waals surface area contributed by atoms with Gasteiger partial charge in [0.1, 0.15) is 40.4 Å². The fraction of sp³-hybridized carbons (Fsp3) is 0.538. The molecular weight excluding hydrogens is 1000 g/mol. The van der Waals surface area contributed by atoms with Crippen LogP contribution in [0.3, 0.4) is 0 Å². The van der Waals surface area contributed by atoms with Crippen molar-refractivity contribution in [1.82, 2.24) is 55.2 Å². The van der Waals surface area contributed by atoms with Gasteiger partial charge in [-0.1, -0.05) is 29.3 Å². The zero-order chi connectivity index (χ0) is 52.9. The number of carbonyl (C=O) groups is 2. The lowest BCUT2D eigenvalue weighted by Gasteiger charge is -2.38. The van der Waals surface area contributed by atoms with Crippen molar-refractivity contribution in [3.63, 3.8) is 0 Å². The molecule has 3 fully saturated rings. The second-order valence-corrected chi connectivity index (χ2v) is 23.3. The Morgan fingerprint density at radius 3 is 2.69 bits per heavy atom. The highest BCUT2D eigenvalue weighted by Crippen LogP contribution is 2.49. The number of nitrogens with one attached hydrogen (secondary N) is 1. The fourth-order valence-corrected chi connectivity index (χ4v) is 13.6. The minimum Gasteiger partial charge on any atom is -0.508 e. The molecule has 0 spiro atoms. The summed E-state index contributed by atoms with van der Waals surface area (Å²) in [5.74, 6) is 0.663. The number of aromatic hydroxyl groups is 1. The number of nitrogen functional groups attached to an aromatic ring is 1. The van der Waals surface area contributed by atoms with Crippen molar-refractivity contribution in [2.45, 2.75) is 122 Å². The summed E-state index contributed by atoms with van der Waals surface area (Å²) in [7, 11) is 0. The minimum absolute atomic E-state index is 0.0125. The van der Waals surface area contributed by atoms with Crippen molar-refractivity contribution in [1.29, 1.82) is 5.26 Å². The number of halogens is 1. The quantitative estimate of drug-likeness (QED) is 0.0844. The molecule has 75 heavy (non-hydrogen) atoms. The van der Waals surface area contributed by atoms with E-state index < -0.39 is 47.3 Å². The maximum Gasteiger partial charge on any atom is 0.253 e. The van der Waals surface area contributed by atoms with E-state index in [0.717, 1.165) is 75.1 Å². The van der Waals surface area contributed by atoms with E-state index in [1.165, 1.54) is 44.4 Å². The number of anilines is 2. The largest absolute Gasteiger partial charge is 0.508 e. The van der Waals surface area contributed by atoms with Crippen molar-refractivity contribution in [2.24, 2.45) is 17.8 Å². The summed E-state index contributed by atoms with van der Waals surface area (Å²) in [6, 6.07) is 4.12. The topological polar surface area (TPSA) is 264 Å². The molecule has 2 aliphatic carbocycles. The molecule has 5 aromatic heterocycles. The number of aromatic nitrogens is 8. The molecule has 6 atom stereocenters. The first-order chi connectivity index (χ1) is 36.0. The monoisotopic (exact) mass is 1060 g/mol. The van der Waals surface area contributed by atoms with Gasteiger partial charge in [0.05, 0.1) is 52.0 Å². The Kier molecular flexibility index (Phi) is 14.7. The third-order valence-electron chi connectivity index (χ3n) is 15.5. The molecule has 0 radical (unpaired) electrons. The number of ether oxygens (including phenoxy) is 1. The van der Waals surface area contributed by atoms with Crippen molar-refractivity contribution in [3.05, 3.63) is 75.1 Å².